The molecule has 0 bridgehead atoms. The van der Waals surface area contributed by atoms with Gasteiger partial charge < -0.3 is 10.8 Å². The van der Waals surface area contributed by atoms with Crippen molar-refractivity contribution in [3.63, 3.8) is 0 Å². The van der Waals surface area contributed by atoms with Crippen molar-refractivity contribution in [3.05, 3.63) is 35.9 Å². The fourth-order valence-corrected chi connectivity index (χ4v) is 1.99. The summed E-state index contributed by atoms with van der Waals surface area (Å²) < 4.78 is 0. The first-order valence-corrected chi connectivity index (χ1v) is 5.40. The molecule has 0 aliphatic carbocycles. The van der Waals surface area contributed by atoms with Gasteiger partial charge in [-0.3, -0.25) is 4.79 Å². The summed E-state index contributed by atoms with van der Waals surface area (Å²) in [6, 6.07) is 9.20. The van der Waals surface area contributed by atoms with Crippen LogP contribution in [0.15, 0.2) is 30.3 Å². The van der Waals surface area contributed by atoms with Crippen LogP contribution in [0.4, 0.5) is 0 Å². The average Bonchev–Trinajstić information content (AvgIpc) is 2.19. The summed E-state index contributed by atoms with van der Waals surface area (Å²) in [4.78, 5) is 10.9. The molecule has 0 amide bonds. The highest BCUT2D eigenvalue weighted by Gasteiger charge is 2.18. The molecule has 1 rings (SSSR count). The van der Waals surface area contributed by atoms with Crippen LogP contribution in [0, 0.1) is 0 Å². The summed E-state index contributed by atoms with van der Waals surface area (Å²) in [5, 5.41) is 8.49. The zero-order chi connectivity index (χ0) is 10.4. The van der Waals surface area contributed by atoms with Gasteiger partial charge >= 0.3 is 5.97 Å². The van der Waals surface area contributed by atoms with Crippen LogP contribution in [0.2, 0.25) is 0 Å². The Morgan fingerprint density at radius 2 is 2.07 bits per heavy atom. The second-order valence-electron chi connectivity index (χ2n) is 2.79. The fourth-order valence-electron chi connectivity index (χ4n) is 1.12. The molecule has 1 unspecified atom stereocenters. The second kappa shape index (κ2) is 5.67. The number of carbonyl (C=O) groups is 1. The molecule has 1 atom stereocenters. The molecular weight excluding hydrogens is 198 g/mol. The maximum Gasteiger partial charge on any atom is 0.321 e. The number of nitrogens with two attached hydrogens (primary N) is 1. The van der Waals surface area contributed by atoms with E-state index in [2.05, 4.69) is 0 Å². The number of benzene rings is 1. The van der Waals surface area contributed by atoms with Crippen molar-refractivity contribution in [3.8, 4) is 0 Å². The molecule has 0 heterocycles. The van der Waals surface area contributed by atoms with Crippen molar-refractivity contribution in [2.75, 3.05) is 12.3 Å². The SMILES string of the molecule is NCCSC(C(=O)O)c1ccccc1. The Kier molecular flexibility index (Phi) is 4.49. The molecule has 76 valence electrons. The highest BCUT2D eigenvalue weighted by molar-refractivity contribution is 8.00. The van der Waals surface area contributed by atoms with Crippen LogP contribution in [0.25, 0.3) is 0 Å². The summed E-state index contributed by atoms with van der Waals surface area (Å²) in [7, 11) is 0. The summed E-state index contributed by atoms with van der Waals surface area (Å²) in [6.45, 7) is 0.501. The molecule has 1 aromatic carbocycles. The van der Waals surface area contributed by atoms with E-state index < -0.39 is 11.2 Å². The molecule has 0 spiro atoms. The minimum atomic E-state index is -0.811. The predicted molar refractivity (Wildman–Crippen MR) is 58.3 cm³/mol. The maximum atomic E-state index is 10.9. The molecule has 0 saturated carbocycles. The highest BCUT2D eigenvalue weighted by Crippen LogP contribution is 2.28. The van der Waals surface area contributed by atoms with Crippen LogP contribution in [-0.2, 0) is 4.79 Å². The second-order valence-corrected chi connectivity index (χ2v) is 4.00. The number of hydrogen-bond acceptors (Lipinski definition) is 3. The Morgan fingerprint density at radius 3 is 2.57 bits per heavy atom. The van der Waals surface area contributed by atoms with Gasteiger partial charge in [-0.15, -0.1) is 11.8 Å². The van der Waals surface area contributed by atoms with Crippen molar-refractivity contribution in [2.45, 2.75) is 5.25 Å². The average molecular weight is 211 g/mol. The fraction of sp³-hybridized carbons (Fsp3) is 0.300. The van der Waals surface area contributed by atoms with Gasteiger partial charge in [0.2, 0.25) is 0 Å². The third-order valence-electron chi connectivity index (χ3n) is 1.73. The van der Waals surface area contributed by atoms with E-state index in [4.69, 9.17) is 10.8 Å². The molecule has 0 fully saturated rings. The van der Waals surface area contributed by atoms with E-state index in [9.17, 15) is 4.79 Å². The van der Waals surface area contributed by atoms with Crippen LogP contribution >= 0.6 is 11.8 Å². The van der Waals surface area contributed by atoms with Gasteiger partial charge in [0.25, 0.3) is 0 Å². The lowest BCUT2D eigenvalue weighted by molar-refractivity contribution is -0.136. The van der Waals surface area contributed by atoms with E-state index >= 15 is 0 Å². The van der Waals surface area contributed by atoms with E-state index in [1.165, 1.54) is 11.8 Å². The largest absolute Gasteiger partial charge is 0.480 e. The number of rotatable bonds is 5. The van der Waals surface area contributed by atoms with E-state index in [1.807, 2.05) is 30.3 Å². The first-order chi connectivity index (χ1) is 6.75. The zero-order valence-electron chi connectivity index (χ0n) is 7.72. The Balaban J connectivity index is 2.73. The minimum Gasteiger partial charge on any atom is -0.480 e. The molecule has 1 aromatic rings. The molecular formula is C10H13NO2S. The van der Waals surface area contributed by atoms with E-state index in [1.54, 1.807) is 0 Å². The zero-order valence-corrected chi connectivity index (χ0v) is 8.54. The van der Waals surface area contributed by atoms with Gasteiger partial charge in [0.1, 0.15) is 5.25 Å². The maximum absolute atomic E-state index is 10.9. The third kappa shape index (κ3) is 3.05. The molecule has 0 aliphatic rings. The number of carboxylic acid groups (broad SMARTS) is 1. The highest BCUT2D eigenvalue weighted by atomic mass is 32.2. The number of carboxylic acids is 1. The van der Waals surface area contributed by atoms with Crippen LogP contribution in [0.5, 0.6) is 0 Å². The van der Waals surface area contributed by atoms with Gasteiger partial charge in [0.05, 0.1) is 0 Å². The number of thioether (sulfide) groups is 1. The quantitative estimate of drug-likeness (QED) is 0.774. The van der Waals surface area contributed by atoms with Gasteiger partial charge in [-0.25, -0.2) is 0 Å². The van der Waals surface area contributed by atoms with Crippen molar-refractivity contribution < 1.29 is 9.90 Å². The lowest BCUT2D eigenvalue weighted by Gasteiger charge is -2.11. The van der Waals surface area contributed by atoms with Gasteiger partial charge in [-0.1, -0.05) is 30.3 Å². The van der Waals surface area contributed by atoms with Crippen molar-refractivity contribution >= 4 is 17.7 Å². The number of hydrogen-bond donors (Lipinski definition) is 2. The van der Waals surface area contributed by atoms with Crippen molar-refractivity contribution in [1.82, 2.24) is 0 Å². The first-order valence-electron chi connectivity index (χ1n) is 4.35. The summed E-state index contributed by atoms with van der Waals surface area (Å²) in [5.41, 5.74) is 6.16. The molecule has 0 aromatic heterocycles. The van der Waals surface area contributed by atoms with Gasteiger partial charge in [0.15, 0.2) is 0 Å². The summed E-state index contributed by atoms with van der Waals surface area (Å²) in [6.07, 6.45) is 0. The van der Waals surface area contributed by atoms with Crippen LogP contribution in [-0.4, -0.2) is 23.4 Å². The topological polar surface area (TPSA) is 63.3 Å². The molecule has 0 radical (unpaired) electrons. The Bertz CT molecular complexity index is 289. The van der Waals surface area contributed by atoms with Gasteiger partial charge in [0, 0.05) is 12.3 Å². The molecule has 14 heavy (non-hydrogen) atoms. The molecule has 4 heteroatoms. The molecule has 3 N–H and O–H groups in total. The monoisotopic (exact) mass is 211 g/mol. The van der Waals surface area contributed by atoms with E-state index in [-0.39, 0.29) is 0 Å². The van der Waals surface area contributed by atoms with Gasteiger partial charge in [-0.05, 0) is 5.56 Å². The smallest absolute Gasteiger partial charge is 0.321 e. The van der Waals surface area contributed by atoms with Crippen LogP contribution in [0.3, 0.4) is 0 Å². The standard InChI is InChI=1S/C10H13NO2S/c11-6-7-14-9(10(12)13)8-4-2-1-3-5-8/h1-5,9H,6-7,11H2,(H,12,13). The van der Waals surface area contributed by atoms with E-state index in [0.29, 0.717) is 12.3 Å². The third-order valence-corrected chi connectivity index (χ3v) is 3.01. The van der Waals surface area contributed by atoms with Crippen LogP contribution < -0.4 is 5.73 Å². The Morgan fingerprint density at radius 1 is 1.43 bits per heavy atom. The van der Waals surface area contributed by atoms with Crippen molar-refractivity contribution in [1.29, 1.82) is 0 Å². The molecule has 0 aliphatic heterocycles. The summed E-state index contributed by atoms with van der Waals surface area (Å²) >= 11 is 1.36. The Hall–Kier alpha value is -1.00. The summed E-state index contributed by atoms with van der Waals surface area (Å²) in [5.74, 6) is -0.152. The van der Waals surface area contributed by atoms with Crippen LogP contribution in [0.1, 0.15) is 10.8 Å². The van der Waals surface area contributed by atoms with Crippen molar-refractivity contribution in [2.24, 2.45) is 5.73 Å². The number of aliphatic carboxylic acids is 1. The molecule has 3 nitrogen and oxygen atoms in total. The normalized spacial score (nSPS) is 12.4. The lowest BCUT2D eigenvalue weighted by atomic mass is 10.1. The predicted octanol–water partition coefficient (Wildman–Crippen LogP) is 1.50. The first kappa shape index (κ1) is 11.1. The minimum absolute atomic E-state index is 0.500. The Labute approximate surface area is 87.3 Å². The lowest BCUT2D eigenvalue weighted by Crippen LogP contribution is -2.11. The molecule has 0 saturated heterocycles. The van der Waals surface area contributed by atoms with Gasteiger partial charge in [-0.2, -0.15) is 0 Å². The van der Waals surface area contributed by atoms with E-state index in [0.717, 1.165) is 5.56 Å².